The Bertz CT molecular complexity index is 134. The lowest BCUT2D eigenvalue weighted by Crippen LogP contribution is -2.21. The highest BCUT2D eigenvalue weighted by Gasteiger charge is 2.23. The summed E-state index contributed by atoms with van der Waals surface area (Å²) in [5, 5.41) is 0. The van der Waals surface area contributed by atoms with Crippen LogP contribution in [0.3, 0.4) is 0 Å². The number of ketones is 1. The Hall–Kier alpha value is -0.590. The van der Waals surface area contributed by atoms with Crippen molar-refractivity contribution in [3.05, 3.63) is 19.1 Å². The predicted octanol–water partition coefficient (Wildman–Crippen LogP) is 2.14. The third-order valence-electron chi connectivity index (χ3n) is 1.95. The quantitative estimate of drug-likeness (QED) is 0.542. The predicted molar refractivity (Wildman–Crippen MR) is 41.5 cm³/mol. The van der Waals surface area contributed by atoms with E-state index >= 15 is 0 Å². The number of allylic oxidation sites excluding steroid dienone is 1. The second-order valence-electron chi connectivity index (χ2n) is 2.75. The van der Waals surface area contributed by atoms with Crippen LogP contribution in [0, 0.1) is 12.3 Å². The first-order chi connectivity index (χ1) is 4.84. The molecule has 1 heteroatoms. The highest BCUT2D eigenvalue weighted by Crippen LogP contribution is 2.27. The lowest BCUT2D eigenvalue weighted by Gasteiger charge is -2.22. The maximum absolute atomic E-state index is 11.1. The monoisotopic (exact) mass is 137 g/mol. The van der Waals surface area contributed by atoms with Crippen molar-refractivity contribution in [3.8, 4) is 0 Å². The summed E-state index contributed by atoms with van der Waals surface area (Å²) in [6.07, 6.45) is 7.53. The Labute approximate surface area is 62.1 Å². The van der Waals surface area contributed by atoms with Gasteiger partial charge in [-0.3, -0.25) is 4.79 Å². The number of carbonyl (C=O) groups is 1. The number of hydrogen-bond acceptors (Lipinski definition) is 1. The van der Waals surface area contributed by atoms with Gasteiger partial charge >= 0.3 is 0 Å². The lowest BCUT2D eigenvalue weighted by molar-refractivity contribution is -0.124. The average molecular weight is 137 g/mol. The molecule has 1 aliphatic carbocycles. The second-order valence-corrected chi connectivity index (χ2v) is 2.75. The topological polar surface area (TPSA) is 17.1 Å². The van der Waals surface area contributed by atoms with Crippen LogP contribution in [-0.2, 0) is 4.79 Å². The van der Waals surface area contributed by atoms with Crippen molar-refractivity contribution in [2.75, 3.05) is 0 Å². The van der Waals surface area contributed by atoms with E-state index in [4.69, 9.17) is 0 Å². The van der Waals surface area contributed by atoms with Crippen LogP contribution in [0.5, 0.6) is 0 Å². The molecular weight excluding hydrogens is 124 g/mol. The minimum Gasteiger partial charge on any atom is -0.299 e. The number of carbonyl (C=O) groups excluding carboxylic acids is 1. The van der Waals surface area contributed by atoms with E-state index in [1.807, 2.05) is 0 Å². The Kier molecular flexibility index (Phi) is 2.67. The van der Waals surface area contributed by atoms with Gasteiger partial charge in [-0.2, -0.15) is 0 Å². The summed E-state index contributed by atoms with van der Waals surface area (Å²) in [4.78, 5) is 11.1. The number of hydrogen-bond donors (Lipinski definition) is 0. The van der Waals surface area contributed by atoms with E-state index in [2.05, 4.69) is 13.0 Å². The Balaban J connectivity index is 2.13. The molecule has 0 heterocycles. The maximum atomic E-state index is 11.1. The molecule has 0 aromatic rings. The molecule has 1 radical (unpaired) electrons. The van der Waals surface area contributed by atoms with Crippen LogP contribution in [0.1, 0.15) is 25.7 Å². The second kappa shape index (κ2) is 3.55. The van der Waals surface area contributed by atoms with Gasteiger partial charge in [-0.15, -0.1) is 6.58 Å². The zero-order valence-electron chi connectivity index (χ0n) is 6.18. The third kappa shape index (κ3) is 1.69. The molecule has 0 saturated heterocycles. The van der Waals surface area contributed by atoms with Gasteiger partial charge in [0.2, 0.25) is 0 Å². The minimum atomic E-state index is 0.361. The molecule has 0 aromatic heterocycles. The highest BCUT2D eigenvalue weighted by molar-refractivity contribution is 5.82. The van der Waals surface area contributed by atoms with E-state index < -0.39 is 0 Å². The van der Waals surface area contributed by atoms with Crippen LogP contribution in [0.15, 0.2) is 12.7 Å². The minimum absolute atomic E-state index is 0.361. The Morgan fingerprint density at radius 1 is 1.70 bits per heavy atom. The van der Waals surface area contributed by atoms with E-state index in [1.54, 1.807) is 6.08 Å². The van der Waals surface area contributed by atoms with Crippen LogP contribution < -0.4 is 0 Å². The fourth-order valence-electron chi connectivity index (χ4n) is 1.04. The van der Waals surface area contributed by atoms with Crippen molar-refractivity contribution < 1.29 is 4.79 Å². The first-order valence-electron chi connectivity index (χ1n) is 3.80. The molecule has 1 fully saturated rings. The smallest absolute Gasteiger partial charge is 0.136 e. The molecule has 0 aromatic carbocycles. The van der Waals surface area contributed by atoms with Crippen molar-refractivity contribution >= 4 is 5.78 Å². The molecule has 0 spiro atoms. The van der Waals surface area contributed by atoms with Gasteiger partial charge in [-0.25, -0.2) is 0 Å². The van der Waals surface area contributed by atoms with Crippen LogP contribution in [0.25, 0.3) is 0 Å². The van der Waals surface area contributed by atoms with Crippen LogP contribution in [-0.4, -0.2) is 5.78 Å². The molecule has 1 aliphatic rings. The molecule has 1 nitrogen and oxygen atoms in total. The standard InChI is InChI=1S/C9H13O/c1-2-3-7-9(10)8-5-4-6-8/h2,4,8H,1,3,5-7H2. The molecule has 0 aliphatic heterocycles. The summed E-state index contributed by atoms with van der Waals surface area (Å²) in [6.45, 7) is 3.58. The van der Waals surface area contributed by atoms with E-state index in [0.29, 0.717) is 18.1 Å². The lowest BCUT2D eigenvalue weighted by atomic mass is 9.81. The fourth-order valence-corrected chi connectivity index (χ4v) is 1.04. The maximum Gasteiger partial charge on any atom is 0.136 e. The van der Waals surface area contributed by atoms with Crippen molar-refractivity contribution in [2.45, 2.75) is 25.7 Å². The summed E-state index contributed by atoms with van der Waals surface area (Å²) >= 11 is 0. The first kappa shape index (κ1) is 7.52. The van der Waals surface area contributed by atoms with Gasteiger partial charge in [0.1, 0.15) is 5.78 Å². The van der Waals surface area contributed by atoms with E-state index in [1.165, 1.54) is 0 Å². The number of rotatable bonds is 4. The molecule has 0 N–H and O–H groups in total. The summed E-state index contributed by atoms with van der Waals surface area (Å²) in [7, 11) is 0. The number of Topliss-reactive ketones (excluding diaryl/α,β-unsaturated/α-hetero) is 1. The van der Waals surface area contributed by atoms with Crippen molar-refractivity contribution in [2.24, 2.45) is 5.92 Å². The van der Waals surface area contributed by atoms with Crippen molar-refractivity contribution in [1.29, 1.82) is 0 Å². The van der Waals surface area contributed by atoms with E-state index in [-0.39, 0.29) is 0 Å². The van der Waals surface area contributed by atoms with Gasteiger partial charge < -0.3 is 0 Å². The van der Waals surface area contributed by atoms with Gasteiger partial charge in [0, 0.05) is 12.3 Å². The first-order valence-corrected chi connectivity index (χ1v) is 3.80. The SMILES string of the molecule is C=CCCC(=O)C1C[CH]C1. The molecular formula is C9H13O. The highest BCUT2D eigenvalue weighted by atomic mass is 16.1. The molecule has 0 bridgehead atoms. The average Bonchev–Trinajstić information content (AvgIpc) is 1.79. The van der Waals surface area contributed by atoms with Gasteiger partial charge in [-0.05, 0) is 25.7 Å². The molecule has 1 saturated carbocycles. The van der Waals surface area contributed by atoms with E-state index in [9.17, 15) is 4.79 Å². The summed E-state index contributed by atoms with van der Waals surface area (Å²) in [6, 6.07) is 0. The molecule has 0 atom stereocenters. The van der Waals surface area contributed by atoms with Gasteiger partial charge in [-0.1, -0.05) is 6.08 Å². The van der Waals surface area contributed by atoms with Crippen LogP contribution in [0.4, 0.5) is 0 Å². The summed E-state index contributed by atoms with van der Waals surface area (Å²) < 4.78 is 0. The Morgan fingerprint density at radius 2 is 2.40 bits per heavy atom. The van der Waals surface area contributed by atoms with Crippen LogP contribution in [0.2, 0.25) is 0 Å². The molecule has 0 amide bonds. The third-order valence-corrected chi connectivity index (χ3v) is 1.95. The molecule has 55 valence electrons. The van der Waals surface area contributed by atoms with Gasteiger partial charge in [0.05, 0.1) is 0 Å². The molecule has 10 heavy (non-hydrogen) atoms. The van der Waals surface area contributed by atoms with Gasteiger partial charge in [0.25, 0.3) is 0 Å². The molecule has 0 unspecified atom stereocenters. The Morgan fingerprint density at radius 3 is 2.80 bits per heavy atom. The fraction of sp³-hybridized carbons (Fsp3) is 0.556. The largest absolute Gasteiger partial charge is 0.299 e. The van der Waals surface area contributed by atoms with Crippen molar-refractivity contribution in [3.63, 3.8) is 0 Å². The normalized spacial score (nSPS) is 18.0. The summed E-state index contributed by atoms with van der Waals surface area (Å²) in [5.41, 5.74) is 0. The summed E-state index contributed by atoms with van der Waals surface area (Å²) in [5.74, 6) is 0.780. The zero-order chi connectivity index (χ0) is 7.40. The van der Waals surface area contributed by atoms with Crippen LogP contribution >= 0.6 is 0 Å². The van der Waals surface area contributed by atoms with Crippen molar-refractivity contribution in [1.82, 2.24) is 0 Å². The molecule has 1 rings (SSSR count). The van der Waals surface area contributed by atoms with E-state index in [0.717, 1.165) is 19.3 Å². The van der Waals surface area contributed by atoms with Gasteiger partial charge in [0.15, 0.2) is 0 Å². The zero-order valence-corrected chi connectivity index (χ0v) is 6.18.